The Bertz CT molecular complexity index is 909. The molecule has 0 saturated carbocycles. The predicted molar refractivity (Wildman–Crippen MR) is 106 cm³/mol. The minimum Gasteiger partial charge on any atom is -0.381 e. The second-order valence-electron chi connectivity index (χ2n) is 6.67. The van der Waals surface area contributed by atoms with Crippen molar-refractivity contribution in [2.24, 2.45) is 11.0 Å². The highest BCUT2D eigenvalue weighted by Crippen LogP contribution is 2.31. The maximum Gasteiger partial charge on any atom is 0.416 e. The molecule has 154 valence electrons. The minimum atomic E-state index is -4.36. The molecule has 0 aliphatic carbocycles. The minimum absolute atomic E-state index is 0.0182. The maximum absolute atomic E-state index is 12.7. The van der Waals surface area contributed by atoms with Gasteiger partial charge in [-0.3, -0.25) is 5.53 Å². The molecule has 1 heterocycles. The van der Waals surface area contributed by atoms with Gasteiger partial charge in [0.05, 0.1) is 23.7 Å². The van der Waals surface area contributed by atoms with Gasteiger partial charge in [-0.05, 0) is 37.3 Å². The van der Waals surface area contributed by atoms with E-state index >= 15 is 0 Å². The van der Waals surface area contributed by atoms with Gasteiger partial charge in [-0.15, -0.1) is 0 Å². The number of hydrazine groups is 1. The number of anilines is 2. The van der Waals surface area contributed by atoms with Gasteiger partial charge in [-0.2, -0.15) is 23.4 Å². The lowest BCUT2D eigenvalue weighted by Crippen LogP contribution is -2.25. The number of alkyl halides is 3. The third-order valence-electron chi connectivity index (χ3n) is 4.61. The molecule has 6 nitrogen and oxygen atoms in total. The van der Waals surface area contributed by atoms with Gasteiger partial charge in [-0.25, -0.2) is 0 Å². The fraction of sp³-hybridized carbons (Fsp3) is 0.300. The zero-order valence-electron chi connectivity index (χ0n) is 16.2. The van der Waals surface area contributed by atoms with Crippen LogP contribution < -0.4 is 10.9 Å². The molecule has 2 aromatic rings. The molecule has 1 aliphatic heterocycles. The molecule has 0 unspecified atom stereocenters. The summed E-state index contributed by atoms with van der Waals surface area (Å²) < 4.78 is 43.5. The number of nitrogens with zero attached hydrogens (tertiary/aromatic N) is 3. The standard InChI is InChI=1S/C20H22F3N5O/c1-13(14(2)29-3)12-28-26-19(25-27-28)17-6-4-5-7-18(17)24-16-10-8-15(9-11-16)20(21,22)23/h4-14,24H,1-3H3,(H,25,26,27)/b28-12+/t13-,14+/m1/s1. The van der Waals surface area contributed by atoms with E-state index in [-0.39, 0.29) is 12.0 Å². The molecule has 2 atom stereocenters. The average molecular weight is 405 g/mol. The molecular weight excluding hydrogens is 383 g/mol. The van der Waals surface area contributed by atoms with Crippen LogP contribution in [0, 0.1) is 5.92 Å². The van der Waals surface area contributed by atoms with Crippen molar-refractivity contribution in [3.63, 3.8) is 0 Å². The van der Waals surface area contributed by atoms with Gasteiger partial charge in [0.15, 0.2) is 0 Å². The van der Waals surface area contributed by atoms with E-state index in [1.807, 2.05) is 44.3 Å². The van der Waals surface area contributed by atoms with E-state index in [2.05, 4.69) is 21.4 Å². The fourth-order valence-electron chi connectivity index (χ4n) is 2.67. The molecule has 0 amide bonds. The molecule has 0 fully saturated rings. The Balaban J connectivity index is 1.76. The van der Waals surface area contributed by atoms with Crippen LogP contribution in [-0.4, -0.2) is 30.1 Å². The van der Waals surface area contributed by atoms with Crippen molar-refractivity contribution in [2.45, 2.75) is 26.1 Å². The van der Waals surface area contributed by atoms with Crippen molar-refractivity contribution < 1.29 is 22.7 Å². The largest absolute Gasteiger partial charge is 0.416 e. The van der Waals surface area contributed by atoms with Crippen LogP contribution in [0.2, 0.25) is 0 Å². The van der Waals surface area contributed by atoms with E-state index < -0.39 is 11.7 Å². The smallest absolute Gasteiger partial charge is 0.381 e. The number of para-hydroxylation sites is 1. The Labute approximate surface area is 167 Å². The summed E-state index contributed by atoms with van der Waals surface area (Å²) in [5, 5.41) is 7.37. The maximum atomic E-state index is 12.7. The Morgan fingerprint density at radius 2 is 1.83 bits per heavy atom. The monoisotopic (exact) mass is 405 g/mol. The molecule has 9 heteroatoms. The van der Waals surface area contributed by atoms with Gasteiger partial charge in [0.25, 0.3) is 0 Å². The first-order valence-electron chi connectivity index (χ1n) is 9.03. The van der Waals surface area contributed by atoms with Crippen LogP contribution in [0.5, 0.6) is 0 Å². The average Bonchev–Trinajstić information content (AvgIpc) is 3.15. The first kappa shape index (κ1) is 20.7. The van der Waals surface area contributed by atoms with Crippen LogP contribution in [0.3, 0.4) is 0 Å². The Kier molecular flexibility index (Phi) is 6.07. The van der Waals surface area contributed by atoms with Gasteiger partial charge < -0.3 is 15.2 Å². The number of methoxy groups -OCH3 is 1. The number of hydrogen-bond donors (Lipinski definition) is 2. The lowest BCUT2D eigenvalue weighted by Gasteiger charge is -2.16. The molecule has 2 N–H and O–H groups in total. The molecule has 29 heavy (non-hydrogen) atoms. The van der Waals surface area contributed by atoms with Crippen molar-refractivity contribution in [3.05, 3.63) is 65.1 Å². The van der Waals surface area contributed by atoms with E-state index in [1.165, 1.54) is 16.9 Å². The lowest BCUT2D eigenvalue weighted by molar-refractivity contribution is -0.524. The zero-order chi connectivity index (χ0) is 21.0. The summed E-state index contributed by atoms with van der Waals surface area (Å²) in [7, 11) is 1.65. The number of benzene rings is 2. The van der Waals surface area contributed by atoms with E-state index in [0.29, 0.717) is 22.8 Å². The quantitative estimate of drug-likeness (QED) is 0.687. The number of rotatable bonds is 6. The predicted octanol–water partition coefficient (Wildman–Crippen LogP) is 4.67. The van der Waals surface area contributed by atoms with Gasteiger partial charge in [0.2, 0.25) is 0 Å². The van der Waals surface area contributed by atoms with Gasteiger partial charge >= 0.3 is 6.18 Å². The Morgan fingerprint density at radius 1 is 1.14 bits per heavy atom. The molecule has 0 spiro atoms. The van der Waals surface area contributed by atoms with E-state index in [4.69, 9.17) is 4.74 Å². The second-order valence-corrected chi connectivity index (χ2v) is 6.67. The van der Waals surface area contributed by atoms with Gasteiger partial charge in [0.1, 0.15) is 0 Å². The van der Waals surface area contributed by atoms with Gasteiger partial charge in [-0.1, -0.05) is 25.1 Å². The van der Waals surface area contributed by atoms with Crippen LogP contribution >= 0.6 is 0 Å². The van der Waals surface area contributed by atoms with Crippen LogP contribution in [0.25, 0.3) is 5.43 Å². The molecule has 1 aliphatic rings. The molecule has 0 radical (unpaired) electrons. The molecule has 0 saturated heterocycles. The van der Waals surface area contributed by atoms with E-state index in [1.54, 1.807) is 7.11 Å². The van der Waals surface area contributed by atoms with Crippen molar-refractivity contribution >= 4 is 23.4 Å². The molecular formula is C20H22F3N5O. The summed E-state index contributed by atoms with van der Waals surface area (Å²) >= 11 is 0. The third-order valence-corrected chi connectivity index (χ3v) is 4.61. The number of ether oxygens (including phenoxy) is 1. The molecule has 0 aromatic heterocycles. The van der Waals surface area contributed by atoms with Gasteiger partial charge in [0, 0.05) is 30.0 Å². The van der Waals surface area contributed by atoms with Crippen LogP contribution in [0.1, 0.15) is 25.0 Å². The first-order chi connectivity index (χ1) is 13.8. The van der Waals surface area contributed by atoms with Crippen LogP contribution in [-0.2, 0) is 10.9 Å². The number of hydrogen-bond acceptors (Lipinski definition) is 4. The number of halogens is 3. The summed E-state index contributed by atoms with van der Waals surface area (Å²) in [5.41, 5.74) is 8.48. The van der Waals surface area contributed by atoms with Crippen LogP contribution in [0.15, 0.2) is 53.6 Å². The van der Waals surface area contributed by atoms with Crippen LogP contribution in [0.4, 0.5) is 24.5 Å². The summed E-state index contributed by atoms with van der Waals surface area (Å²) in [6.07, 6.45) is -2.49. The summed E-state index contributed by atoms with van der Waals surface area (Å²) in [6.45, 7) is 3.96. The van der Waals surface area contributed by atoms with Crippen molar-refractivity contribution in [1.29, 1.82) is 0 Å². The number of nitrogens with one attached hydrogen (secondary N) is 2. The Morgan fingerprint density at radius 3 is 2.48 bits per heavy atom. The molecule has 3 rings (SSSR count). The van der Waals surface area contributed by atoms with E-state index in [9.17, 15) is 13.2 Å². The summed E-state index contributed by atoms with van der Waals surface area (Å²) in [4.78, 5) is 1.52. The highest BCUT2D eigenvalue weighted by atomic mass is 19.4. The highest BCUT2D eigenvalue weighted by molar-refractivity contribution is 6.11. The highest BCUT2D eigenvalue weighted by Gasteiger charge is 2.30. The lowest BCUT2D eigenvalue weighted by atomic mass is 10.1. The SMILES string of the molecule is CO[C@@H](C)[C@H](C)/C=[N+]1\[N-]C(c2ccccc2Nc2ccc(C(F)(F)F)cc2)=NN1. The zero-order valence-corrected chi connectivity index (χ0v) is 16.2. The van der Waals surface area contributed by atoms with Crippen molar-refractivity contribution in [2.75, 3.05) is 12.4 Å². The van der Waals surface area contributed by atoms with Crippen molar-refractivity contribution in [1.82, 2.24) is 5.53 Å². The number of hydrazone groups is 2. The summed E-state index contributed by atoms with van der Waals surface area (Å²) in [6, 6.07) is 12.2. The topological polar surface area (TPSA) is 62.8 Å². The molecule has 0 bridgehead atoms. The molecule has 2 aromatic carbocycles. The Hall–Kier alpha value is -3.07. The fourth-order valence-corrected chi connectivity index (χ4v) is 2.67. The second kappa shape index (κ2) is 8.52. The van der Waals surface area contributed by atoms with E-state index in [0.717, 1.165) is 12.1 Å². The first-order valence-corrected chi connectivity index (χ1v) is 9.03. The number of amidine groups is 1. The third kappa shape index (κ3) is 5.05. The summed E-state index contributed by atoms with van der Waals surface area (Å²) in [5.74, 6) is 0.555. The normalized spacial score (nSPS) is 17.3. The van der Waals surface area contributed by atoms with Crippen molar-refractivity contribution in [3.8, 4) is 0 Å².